The molecule has 1 aliphatic carbocycles. The molecule has 1 aliphatic rings. The quantitative estimate of drug-likeness (QED) is 0.229. The van der Waals surface area contributed by atoms with Gasteiger partial charge in [-0.15, -0.1) is 0 Å². The zero-order valence-corrected chi connectivity index (χ0v) is 22.0. The lowest BCUT2D eigenvalue weighted by molar-refractivity contribution is 0.622. The molecule has 0 amide bonds. The molecule has 0 radical (unpaired) electrons. The fourth-order valence-corrected chi connectivity index (χ4v) is 6.32. The molecular formula is C38H23NO2. The van der Waals surface area contributed by atoms with Gasteiger partial charge in [0, 0.05) is 16.9 Å². The molecule has 2 heterocycles. The number of hydrogen-bond donors (Lipinski definition) is 0. The van der Waals surface area contributed by atoms with Crippen LogP contribution >= 0.6 is 0 Å². The van der Waals surface area contributed by atoms with E-state index >= 15 is 0 Å². The zero-order valence-electron chi connectivity index (χ0n) is 22.0. The molecule has 0 saturated carbocycles. The molecule has 192 valence electrons. The summed E-state index contributed by atoms with van der Waals surface area (Å²) in [6, 6.07) is 46.7. The fourth-order valence-electron chi connectivity index (χ4n) is 6.32. The lowest BCUT2D eigenvalue weighted by Gasteiger charge is -2.06. The average Bonchev–Trinajstić information content (AvgIpc) is 3.44. The molecule has 3 heteroatoms. The predicted molar refractivity (Wildman–Crippen MR) is 167 cm³/mol. The minimum Gasteiger partial charge on any atom is -0.456 e. The Hall–Kier alpha value is -5.41. The Kier molecular flexibility index (Phi) is 4.67. The van der Waals surface area contributed by atoms with Crippen LogP contribution in [0.5, 0.6) is 0 Å². The van der Waals surface area contributed by atoms with Crippen LogP contribution < -0.4 is 0 Å². The van der Waals surface area contributed by atoms with Gasteiger partial charge in [0.1, 0.15) is 16.7 Å². The molecule has 2 aromatic heterocycles. The van der Waals surface area contributed by atoms with Gasteiger partial charge in [-0.3, -0.25) is 0 Å². The molecule has 1 atom stereocenters. The number of furan rings is 1. The van der Waals surface area contributed by atoms with Crippen LogP contribution in [0, 0.1) is 0 Å². The highest BCUT2D eigenvalue weighted by atomic mass is 16.4. The van der Waals surface area contributed by atoms with Gasteiger partial charge in [-0.05, 0) is 75.0 Å². The van der Waals surface area contributed by atoms with Gasteiger partial charge in [0.2, 0.25) is 5.89 Å². The number of fused-ring (bicyclic) bond motifs is 6. The van der Waals surface area contributed by atoms with Crippen LogP contribution in [0.25, 0.3) is 66.4 Å². The van der Waals surface area contributed by atoms with Gasteiger partial charge in [-0.25, -0.2) is 4.98 Å². The van der Waals surface area contributed by atoms with E-state index in [1.165, 1.54) is 38.6 Å². The van der Waals surface area contributed by atoms with Crippen LogP contribution in [0.3, 0.4) is 0 Å². The molecule has 0 saturated heterocycles. The monoisotopic (exact) mass is 525 g/mol. The van der Waals surface area contributed by atoms with E-state index in [1.54, 1.807) is 0 Å². The number of benzene rings is 6. The molecule has 0 N–H and O–H groups in total. The predicted octanol–water partition coefficient (Wildman–Crippen LogP) is 10.3. The van der Waals surface area contributed by atoms with E-state index in [1.807, 2.05) is 42.5 Å². The van der Waals surface area contributed by atoms with Crippen LogP contribution in [0.1, 0.15) is 22.6 Å². The van der Waals surface area contributed by atoms with Crippen LogP contribution in [0.2, 0.25) is 0 Å². The van der Waals surface area contributed by atoms with E-state index in [4.69, 9.17) is 13.8 Å². The Bertz CT molecular complexity index is 2310. The van der Waals surface area contributed by atoms with Crippen LogP contribution in [0.4, 0.5) is 0 Å². The first kappa shape index (κ1) is 22.4. The normalized spacial score (nSPS) is 15.0. The summed E-state index contributed by atoms with van der Waals surface area (Å²) in [5.74, 6) is 0.860. The third-order valence-corrected chi connectivity index (χ3v) is 8.30. The van der Waals surface area contributed by atoms with Crippen molar-refractivity contribution in [3.05, 3.63) is 150 Å². The van der Waals surface area contributed by atoms with Gasteiger partial charge >= 0.3 is 0 Å². The minimum absolute atomic E-state index is 0.243. The number of hydrogen-bond acceptors (Lipinski definition) is 3. The third-order valence-electron chi connectivity index (χ3n) is 8.30. The first-order valence-electron chi connectivity index (χ1n) is 13.9. The number of rotatable bonds is 4. The highest BCUT2D eigenvalue weighted by molar-refractivity contribution is 6.20. The van der Waals surface area contributed by atoms with Gasteiger partial charge in [0.15, 0.2) is 5.58 Å². The Morgan fingerprint density at radius 3 is 2.05 bits per heavy atom. The summed E-state index contributed by atoms with van der Waals surface area (Å²) in [6.45, 7) is 0. The lowest BCUT2D eigenvalue weighted by atomic mass is 9.97. The molecule has 41 heavy (non-hydrogen) atoms. The van der Waals surface area contributed by atoms with Crippen molar-refractivity contribution in [1.82, 2.24) is 4.98 Å². The Labute approximate surface area is 236 Å². The van der Waals surface area contributed by atoms with E-state index in [0.717, 1.165) is 38.6 Å². The molecule has 3 nitrogen and oxygen atoms in total. The SMILES string of the molecule is c1ccc(C2=C(c3ccc4oc5ccc6nc(-c7ccccc7)oc6c5c4c3)[C@@H]2c2ccc3ccccc3c2)cc1. The number of nitrogens with zero attached hydrogens (tertiary/aromatic N) is 1. The zero-order chi connectivity index (χ0) is 26.9. The maximum Gasteiger partial charge on any atom is 0.227 e. The van der Waals surface area contributed by atoms with Gasteiger partial charge < -0.3 is 8.83 Å². The molecule has 0 fully saturated rings. The summed E-state index contributed by atoms with van der Waals surface area (Å²) < 4.78 is 12.7. The van der Waals surface area contributed by atoms with Crippen LogP contribution in [-0.2, 0) is 0 Å². The van der Waals surface area contributed by atoms with Gasteiger partial charge in [-0.2, -0.15) is 0 Å². The summed E-state index contributed by atoms with van der Waals surface area (Å²) in [6.07, 6.45) is 0. The molecule has 0 unspecified atom stereocenters. The van der Waals surface area contributed by atoms with E-state index in [2.05, 4.69) is 91.0 Å². The van der Waals surface area contributed by atoms with E-state index in [-0.39, 0.29) is 5.92 Å². The Balaban J connectivity index is 1.23. The number of aromatic nitrogens is 1. The first-order valence-corrected chi connectivity index (χ1v) is 13.9. The summed E-state index contributed by atoms with van der Waals surface area (Å²) >= 11 is 0. The summed E-state index contributed by atoms with van der Waals surface area (Å²) in [5, 5.41) is 4.54. The molecule has 0 bridgehead atoms. The maximum absolute atomic E-state index is 6.39. The molecular weight excluding hydrogens is 502 g/mol. The van der Waals surface area contributed by atoms with Crippen molar-refractivity contribution in [3.63, 3.8) is 0 Å². The van der Waals surface area contributed by atoms with Crippen molar-refractivity contribution in [2.75, 3.05) is 0 Å². The van der Waals surface area contributed by atoms with Gasteiger partial charge in [0.25, 0.3) is 0 Å². The topological polar surface area (TPSA) is 39.2 Å². The van der Waals surface area contributed by atoms with Crippen molar-refractivity contribution >= 4 is 55.0 Å². The van der Waals surface area contributed by atoms with Crippen LogP contribution in [0.15, 0.2) is 142 Å². The standard InChI is InChI=1S/C38H23NO2/c1-3-10-24(11-4-1)33-34(27-16-15-23-9-7-8-14-26(23)21-27)35(33)28-17-19-31-29(22-28)36-32(40-31)20-18-30-37(36)41-38(39-30)25-12-5-2-6-13-25/h1-22,34H/t34-/m1/s1. The Morgan fingerprint density at radius 2 is 1.22 bits per heavy atom. The van der Waals surface area contributed by atoms with Crippen molar-refractivity contribution in [2.24, 2.45) is 0 Å². The largest absolute Gasteiger partial charge is 0.456 e. The molecule has 0 spiro atoms. The highest BCUT2D eigenvalue weighted by Gasteiger charge is 2.39. The fraction of sp³-hybridized carbons (Fsp3) is 0.0263. The maximum atomic E-state index is 6.39. The van der Waals surface area contributed by atoms with Crippen molar-refractivity contribution in [1.29, 1.82) is 0 Å². The second-order valence-electron chi connectivity index (χ2n) is 10.7. The Morgan fingerprint density at radius 1 is 0.512 bits per heavy atom. The number of allylic oxidation sites excluding steroid dienone is 2. The van der Waals surface area contributed by atoms with E-state index in [9.17, 15) is 0 Å². The average molecular weight is 526 g/mol. The summed E-state index contributed by atoms with van der Waals surface area (Å²) in [7, 11) is 0. The van der Waals surface area contributed by atoms with E-state index in [0.29, 0.717) is 5.89 Å². The smallest absolute Gasteiger partial charge is 0.227 e. The molecule has 9 rings (SSSR count). The van der Waals surface area contributed by atoms with Gasteiger partial charge in [-0.1, -0.05) is 97.1 Å². The van der Waals surface area contributed by atoms with Crippen molar-refractivity contribution < 1.29 is 8.83 Å². The lowest BCUT2D eigenvalue weighted by Crippen LogP contribution is -1.87. The summed E-state index contributed by atoms with van der Waals surface area (Å²) in [5.41, 5.74) is 10.7. The first-order chi connectivity index (χ1) is 20.3. The minimum atomic E-state index is 0.243. The van der Waals surface area contributed by atoms with Gasteiger partial charge in [0.05, 0.1) is 5.39 Å². The van der Waals surface area contributed by atoms with Crippen molar-refractivity contribution in [2.45, 2.75) is 5.92 Å². The highest BCUT2D eigenvalue weighted by Crippen LogP contribution is 2.60. The summed E-state index contributed by atoms with van der Waals surface area (Å²) in [4.78, 5) is 4.80. The number of oxazole rings is 1. The molecule has 0 aliphatic heterocycles. The van der Waals surface area contributed by atoms with Crippen LogP contribution in [-0.4, -0.2) is 4.98 Å². The third kappa shape index (κ3) is 3.49. The van der Waals surface area contributed by atoms with E-state index < -0.39 is 0 Å². The second kappa shape index (κ2) is 8.54. The second-order valence-corrected chi connectivity index (χ2v) is 10.7. The molecule has 6 aromatic carbocycles. The van der Waals surface area contributed by atoms with Crippen molar-refractivity contribution in [3.8, 4) is 11.5 Å². The molecule has 8 aromatic rings.